The van der Waals surface area contributed by atoms with Gasteiger partial charge in [-0.25, -0.2) is 0 Å². The Balaban J connectivity index is 2.06. The van der Waals surface area contributed by atoms with E-state index in [9.17, 15) is 0 Å². The van der Waals surface area contributed by atoms with Gasteiger partial charge in [-0.15, -0.1) is 0 Å². The first-order chi connectivity index (χ1) is 9.76. The topological polar surface area (TPSA) is 48.7 Å². The second-order valence-electron chi connectivity index (χ2n) is 4.34. The summed E-state index contributed by atoms with van der Waals surface area (Å²) in [6, 6.07) is 16.9. The highest BCUT2D eigenvalue weighted by atomic mass is 35.5. The fraction of sp³-hybridized carbons (Fsp3) is 0. The number of nitrogens with zero attached hydrogens (tertiary/aromatic N) is 2. The second-order valence-corrected chi connectivity index (χ2v) is 4.77. The van der Waals surface area contributed by atoms with Gasteiger partial charge in [-0.2, -0.15) is 5.26 Å². The van der Waals surface area contributed by atoms with Crippen molar-refractivity contribution in [1.82, 2.24) is 4.98 Å². The van der Waals surface area contributed by atoms with Crippen molar-refractivity contribution in [2.75, 3.05) is 5.32 Å². The first kappa shape index (κ1) is 12.5. The van der Waals surface area contributed by atoms with E-state index in [1.807, 2.05) is 36.4 Å². The zero-order valence-corrected chi connectivity index (χ0v) is 11.2. The SMILES string of the molecule is N#Cc1cccc(Nc2ccnc3ccc(Cl)cc23)c1. The van der Waals surface area contributed by atoms with Crippen LogP contribution in [0.5, 0.6) is 0 Å². The number of fused-ring (bicyclic) bond motifs is 1. The average Bonchev–Trinajstić information content (AvgIpc) is 2.48. The highest BCUT2D eigenvalue weighted by Crippen LogP contribution is 2.27. The molecule has 0 spiro atoms. The number of benzene rings is 2. The molecule has 0 fully saturated rings. The normalized spacial score (nSPS) is 10.2. The van der Waals surface area contributed by atoms with E-state index in [1.54, 1.807) is 18.3 Å². The smallest absolute Gasteiger partial charge is 0.0992 e. The minimum absolute atomic E-state index is 0.617. The molecule has 0 amide bonds. The van der Waals surface area contributed by atoms with E-state index in [-0.39, 0.29) is 0 Å². The van der Waals surface area contributed by atoms with Gasteiger partial charge in [0, 0.05) is 28.0 Å². The van der Waals surface area contributed by atoms with Crippen molar-refractivity contribution in [2.45, 2.75) is 0 Å². The van der Waals surface area contributed by atoms with Crippen molar-refractivity contribution in [3.05, 3.63) is 65.3 Å². The molecule has 0 bridgehead atoms. The summed E-state index contributed by atoms with van der Waals surface area (Å²) in [5.41, 5.74) is 3.26. The van der Waals surface area contributed by atoms with Crippen LogP contribution in [-0.2, 0) is 0 Å². The summed E-state index contributed by atoms with van der Waals surface area (Å²) in [7, 11) is 0. The van der Waals surface area contributed by atoms with Crippen LogP contribution in [0.25, 0.3) is 10.9 Å². The summed E-state index contributed by atoms with van der Waals surface area (Å²) in [5.74, 6) is 0. The molecule has 3 nitrogen and oxygen atoms in total. The lowest BCUT2D eigenvalue weighted by Gasteiger charge is -2.09. The molecule has 2 aromatic carbocycles. The monoisotopic (exact) mass is 279 g/mol. The molecule has 3 aromatic rings. The van der Waals surface area contributed by atoms with Gasteiger partial charge in [0.05, 0.1) is 17.1 Å². The van der Waals surface area contributed by atoms with E-state index < -0.39 is 0 Å². The van der Waals surface area contributed by atoms with Crippen LogP contribution in [0, 0.1) is 11.3 Å². The molecule has 1 heterocycles. The van der Waals surface area contributed by atoms with E-state index in [1.165, 1.54) is 0 Å². The highest BCUT2D eigenvalue weighted by Gasteiger charge is 2.03. The fourth-order valence-electron chi connectivity index (χ4n) is 2.05. The predicted octanol–water partition coefficient (Wildman–Crippen LogP) is 4.50. The van der Waals surface area contributed by atoms with E-state index in [0.717, 1.165) is 22.3 Å². The third kappa shape index (κ3) is 2.42. The molecule has 1 N–H and O–H groups in total. The van der Waals surface area contributed by atoms with Crippen molar-refractivity contribution >= 4 is 33.9 Å². The molecule has 20 heavy (non-hydrogen) atoms. The standard InChI is InChI=1S/C16H10ClN3/c17-12-4-5-15-14(9-12)16(6-7-19-15)20-13-3-1-2-11(8-13)10-18/h1-9H,(H,19,20). The van der Waals surface area contributed by atoms with Crippen LogP contribution in [0.3, 0.4) is 0 Å². The molecule has 0 saturated heterocycles. The summed E-state index contributed by atoms with van der Waals surface area (Å²) in [6.45, 7) is 0. The molecule has 4 heteroatoms. The molecule has 0 aliphatic rings. The van der Waals surface area contributed by atoms with Gasteiger partial charge in [0.25, 0.3) is 0 Å². The van der Waals surface area contributed by atoms with E-state index in [4.69, 9.17) is 16.9 Å². The summed E-state index contributed by atoms with van der Waals surface area (Å²) < 4.78 is 0. The molecular formula is C16H10ClN3. The summed E-state index contributed by atoms with van der Waals surface area (Å²) in [4.78, 5) is 4.31. The lowest BCUT2D eigenvalue weighted by atomic mass is 10.1. The van der Waals surface area contributed by atoms with Crippen LogP contribution >= 0.6 is 11.6 Å². The molecule has 0 aliphatic carbocycles. The number of hydrogen-bond acceptors (Lipinski definition) is 3. The van der Waals surface area contributed by atoms with Crippen molar-refractivity contribution in [3.8, 4) is 6.07 Å². The number of hydrogen-bond donors (Lipinski definition) is 1. The Kier molecular flexibility index (Phi) is 3.24. The van der Waals surface area contributed by atoms with Crippen LogP contribution in [0.4, 0.5) is 11.4 Å². The Morgan fingerprint density at radius 3 is 2.85 bits per heavy atom. The second kappa shape index (κ2) is 5.20. The van der Waals surface area contributed by atoms with Gasteiger partial charge in [0.2, 0.25) is 0 Å². The van der Waals surface area contributed by atoms with Gasteiger partial charge >= 0.3 is 0 Å². The fourth-order valence-corrected chi connectivity index (χ4v) is 2.22. The van der Waals surface area contributed by atoms with Gasteiger partial charge in [0.1, 0.15) is 0 Å². The number of nitrogens with one attached hydrogen (secondary N) is 1. The molecular weight excluding hydrogens is 270 g/mol. The van der Waals surface area contributed by atoms with Crippen molar-refractivity contribution in [2.24, 2.45) is 0 Å². The molecule has 0 radical (unpaired) electrons. The minimum atomic E-state index is 0.617. The molecule has 0 atom stereocenters. The Bertz CT molecular complexity index is 821. The Morgan fingerprint density at radius 1 is 1.10 bits per heavy atom. The maximum atomic E-state index is 8.93. The van der Waals surface area contributed by atoms with E-state index in [2.05, 4.69) is 16.4 Å². The third-order valence-corrected chi connectivity index (χ3v) is 3.21. The molecule has 3 rings (SSSR count). The van der Waals surface area contributed by atoms with Gasteiger partial charge in [-0.3, -0.25) is 4.98 Å². The largest absolute Gasteiger partial charge is 0.355 e. The first-order valence-corrected chi connectivity index (χ1v) is 6.45. The zero-order chi connectivity index (χ0) is 13.9. The molecule has 0 saturated carbocycles. The van der Waals surface area contributed by atoms with Gasteiger partial charge in [0.15, 0.2) is 0 Å². The third-order valence-electron chi connectivity index (χ3n) is 2.97. The quantitative estimate of drug-likeness (QED) is 0.751. The lowest BCUT2D eigenvalue weighted by Crippen LogP contribution is -1.93. The van der Waals surface area contributed by atoms with E-state index >= 15 is 0 Å². The van der Waals surface area contributed by atoms with Gasteiger partial charge in [-0.05, 0) is 42.5 Å². The Labute approximate surface area is 121 Å². The number of pyridine rings is 1. The van der Waals surface area contributed by atoms with Crippen LogP contribution < -0.4 is 5.32 Å². The molecule has 0 aliphatic heterocycles. The van der Waals surface area contributed by atoms with Gasteiger partial charge in [-0.1, -0.05) is 17.7 Å². The Morgan fingerprint density at radius 2 is 2.00 bits per heavy atom. The van der Waals surface area contributed by atoms with Crippen LogP contribution in [0.1, 0.15) is 5.56 Å². The molecule has 96 valence electrons. The number of nitriles is 1. The minimum Gasteiger partial charge on any atom is -0.355 e. The van der Waals surface area contributed by atoms with Crippen LogP contribution in [0.15, 0.2) is 54.7 Å². The molecule has 1 aromatic heterocycles. The first-order valence-electron chi connectivity index (χ1n) is 6.08. The van der Waals surface area contributed by atoms with Crippen LogP contribution in [-0.4, -0.2) is 4.98 Å². The number of aromatic nitrogens is 1. The Hall–Kier alpha value is -2.57. The number of rotatable bonds is 2. The van der Waals surface area contributed by atoms with Crippen LogP contribution in [0.2, 0.25) is 5.02 Å². The van der Waals surface area contributed by atoms with E-state index in [0.29, 0.717) is 10.6 Å². The van der Waals surface area contributed by atoms with Crippen molar-refractivity contribution < 1.29 is 0 Å². The summed E-state index contributed by atoms with van der Waals surface area (Å²) >= 11 is 6.04. The average molecular weight is 280 g/mol. The number of anilines is 2. The van der Waals surface area contributed by atoms with Crippen molar-refractivity contribution in [1.29, 1.82) is 5.26 Å². The maximum absolute atomic E-state index is 8.93. The lowest BCUT2D eigenvalue weighted by molar-refractivity contribution is 1.40. The summed E-state index contributed by atoms with van der Waals surface area (Å²) in [5, 5.41) is 13.8. The van der Waals surface area contributed by atoms with Crippen molar-refractivity contribution in [3.63, 3.8) is 0 Å². The highest BCUT2D eigenvalue weighted by molar-refractivity contribution is 6.31. The summed E-state index contributed by atoms with van der Waals surface area (Å²) in [6.07, 6.45) is 1.74. The molecule has 0 unspecified atom stereocenters. The number of halogens is 1. The zero-order valence-electron chi connectivity index (χ0n) is 10.5. The maximum Gasteiger partial charge on any atom is 0.0992 e. The van der Waals surface area contributed by atoms with Gasteiger partial charge < -0.3 is 5.32 Å². The predicted molar refractivity (Wildman–Crippen MR) is 81.2 cm³/mol.